The standard InChI is InChI=1S/C13H18N4/c1-4-10(2)17-9-12(8-16-17)11-5-6-15-13(7-11)14-3/h5-10H,4H2,1-3H3,(H,14,15). The maximum Gasteiger partial charge on any atom is 0.126 e. The summed E-state index contributed by atoms with van der Waals surface area (Å²) in [5, 5.41) is 7.43. The summed E-state index contributed by atoms with van der Waals surface area (Å²) in [6.07, 6.45) is 6.88. The summed E-state index contributed by atoms with van der Waals surface area (Å²) in [7, 11) is 1.87. The van der Waals surface area contributed by atoms with Crippen molar-refractivity contribution in [1.82, 2.24) is 14.8 Å². The van der Waals surface area contributed by atoms with E-state index >= 15 is 0 Å². The highest BCUT2D eigenvalue weighted by molar-refractivity contribution is 5.64. The molecule has 17 heavy (non-hydrogen) atoms. The lowest BCUT2D eigenvalue weighted by atomic mass is 10.1. The first-order valence-corrected chi connectivity index (χ1v) is 5.93. The van der Waals surface area contributed by atoms with Crippen molar-refractivity contribution in [2.45, 2.75) is 26.3 Å². The summed E-state index contributed by atoms with van der Waals surface area (Å²) in [4.78, 5) is 4.20. The number of rotatable bonds is 4. The van der Waals surface area contributed by atoms with Crippen LogP contribution in [0.2, 0.25) is 0 Å². The molecule has 1 unspecified atom stereocenters. The van der Waals surface area contributed by atoms with E-state index in [1.165, 1.54) is 0 Å². The smallest absolute Gasteiger partial charge is 0.126 e. The fourth-order valence-electron chi connectivity index (χ4n) is 1.66. The molecule has 0 radical (unpaired) electrons. The second kappa shape index (κ2) is 4.99. The molecule has 2 rings (SSSR count). The van der Waals surface area contributed by atoms with Crippen LogP contribution in [-0.4, -0.2) is 21.8 Å². The van der Waals surface area contributed by atoms with Gasteiger partial charge in [-0.05, 0) is 31.0 Å². The van der Waals surface area contributed by atoms with Gasteiger partial charge < -0.3 is 5.32 Å². The Morgan fingerprint density at radius 1 is 1.41 bits per heavy atom. The Balaban J connectivity index is 2.30. The second-order valence-corrected chi connectivity index (χ2v) is 4.15. The molecule has 1 atom stereocenters. The van der Waals surface area contributed by atoms with Crippen LogP contribution < -0.4 is 5.32 Å². The van der Waals surface area contributed by atoms with Crippen molar-refractivity contribution in [2.75, 3.05) is 12.4 Å². The van der Waals surface area contributed by atoms with E-state index in [0.717, 1.165) is 23.4 Å². The predicted molar refractivity (Wildman–Crippen MR) is 70.0 cm³/mol. The van der Waals surface area contributed by atoms with Gasteiger partial charge in [-0.3, -0.25) is 4.68 Å². The van der Waals surface area contributed by atoms with E-state index in [1.807, 2.05) is 36.3 Å². The molecular formula is C13H18N4. The van der Waals surface area contributed by atoms with E-state index in [1.54, 1.807) is 0 Å². The van der Waals surface area contributed by atoms with Gasteiger partial charge in [0.05, 0.1) is 6.20 Å². The van der Waals surface area contributed by atoms with Gasteiger partial charge in [0.15, 0.2) is 0 Å². The van der Waals surface area contributed by atoms with Crippen LogP contribution in [0.15, 0.2) is 30.7 Å². The third-order valence-electron chi connectivity index (χ3n) is 2.99. The van der Waals surface area contributed by atoms with E-state index in [-0.39, 0.29) is 0 Å². The highest BCUT2D eigenvalue weighted by Crippen LogP contribution is 2.22. The van der Waals surface area contributed by atoms with Crippen LogP contribution in [0.3, 0.4) is 0 Å². The van der Waals surface area contributed by atoms with Crippen LogP contribution in [0, 0.1) is 0 Å². The van der Waals surface area contributed by atoms with Gasteiger partial charge >= 0.3 is 0 Å². The summed E-state index contributed by atoms with van der Waals surface area (Å²) >= 11 is 0. The number of nitrogens with one attached hydrogen (secondary N) is 1. The van der Waals surface area contributed by atoms with Gasteiger partial charge in [-0.2, -0.15) is 5.10 Å². The van der Waals surface area contributed by atoms with E-state index < -0.39 is 0 Å². The SMILES string of the molecule is CCC(C)n1cc(-c2ccnc(NC)c2)cn1. The van der Waals surface area contributed by atoms with Gasteiger partial charge in [0.2, 0.25) is 0 Å². The molecule has 2 aromatic heterocycles. The molecule has 4 heteroatoms. The lowest BCUT2D eigenvalue weighted by Gasteiger charge is -2.07. The van der Waals surface area contributed by atoms with Crippen LogP contribution in [0.4, 0.5) is 5.82 Å². The highest BCUT2D eigenvalue weighted by atomic mass is 15.3. The molecule has 0 aliphatic heterocycles. The highest BCUT2D eigenvalue weighted by Gasteiger charge is 2.06. The van der Waals surface area contributed by atoms with Crippen molar-refractivity contribution in [3.63, 3.8) is 0 Å². The number of pyridine rings is 1. The average Bonchev–Trinajstić information content (AvgIpc) is 2.87. The van der Waals surface area contributed by atoms with E-state index in [0.29, 0.717) is 6.04 Å². The Hall–Kier alpha value is -1.84. The normalized spacial score (nSPS) is 12.4. The fourth-order valence-corrected chi connectivity index (χ4v) is 1.66. The van der Waals surface area contributed by atoms with Crippen LogP contribution in [-0.2, 0) is 0 Å². The third kappa shape index (κ3) is 2.46. The molecule has 0 bridgehead atoms. The monoisotopic (exact) mass is 230 g/mol. The largest absolute Gasteiger partial charge is 0.373 e. The Morgan fingerprint density at radius 2 is 2.24 bits per heavy atom. The first kappa shape index (κ1) is 11.6. The van der Waals surface area contributed by atoms with Crippen molar-refractivity contribution >= 4 is 5.82 Å². The Labute approximate surface area is 102 Å². The quantitative estimate of drug-likeness (QED) is 0.878. The molecule has 0 aliphatic rings. The summed E-state index contributed by atoms with van der Waals surface area (Å²) in [6, 6.07) is 4.46. The van der Waals surface area contributed by atoms with Gasteiger partial charge in [-0.1, -0.05) is 6.92 Å². The number of hydrogen-bond acceptors (Lipinski definition) is 3. The molecule has 4 nitrogen and oxygen atoms in total. The van der Waals surface area contributed by atoms with Crippen LogP contribution in [0.5, 0.6) is 0 Å². The van der Waals surface area contributed by atoms with Crippen molar-refractivity contribution in [3.05, 3.63) is 30.7 Å². The molecule has 0 aliphatic carbocycles. The zero-order chi connectivity index (χ0) is 12.3. The third-order valence-corrected chi connectivity index (χ3v) is 2.99. The van der Waals surface area contributed by atoms with Gasteiger partial charge in [-0.15, -0.1) is 0 Å². The van der Waals surface area contributed by atoms with Gasteiger partial charge in [0, 0.05) is 31.0 Å². The second-order valence-electron chi connectivity index (χ2n) is 4.15. The van der Waals surface area contributed by atoms with Gasteiger partial charge in [-0.25, -0.2) is 4.98 Å². The topological polar surface area (TPSA) is 42.7 Å². The molecule has 0 saturated carbocycles. The molecule has 2 aromatic rings. The lowest BCUT2D eigenvalue weighted by molar-refractivity contribution is 0.478. The number of hydrogen-bond donors (Lipinski definition) is 1. The van der Waals surface area contributed by atoms with Crippen LogP contribution >= 0.6 is 0 Å². The molecule has 90 valence electrons. The molecule has 0 fully saturated rings. The number of aromatic nitrogens is 3. The Morgan fingerprint density at radius 3 is 2.94 bits per heavy atom. The number of nitrogens with zero attached hydrogens (tertiary/aromatic N) is 3. The summed E-state index contributed by atoms with van der Waals surface area (Å²) < 4.78 is 2.01. The molecular weight excluding hydrogens is 212 g/mol. The molecule has 0 aromatic carbocycles. The summed E-state index contributed by atoms with van der Waals surface area (Å²) in [5.74, 6) is 0.874. The number of anilines is 1. The molecule has 2 heterocycles. The fraction of sp³-hybridized carbons (Fsp3) is 0.385. The molecule has 0 spiro atoms. The average molecular weight is 230 g/mol. The molecule has 0 amide bonds. The van der Waals surface area contributed by atoms with Gasteiger partial charge in [0.1, 0.15) is 5.82 Å². The van der Waals surface area contributed by atoms with Crippen LogP contribution in [0.25, 0.3) is 11.1 Å². The van der Waals surface area contributed by atoms with Gasteiger partial charge in [0.25, 0.3) is 0 Å². The van der Waals surface area contributed by atoms with Crippen molar-refractivity contribution in [2.24, 2.45) is 0 Å². The van der Waals surface area contributed by atoms with Crippen molar-refractivity contribution < 1.29 is 0 Å². The Kier molecular flexibility index (Phi) is 3.42. The molecule has 1 N–H and O–H groups in total. The summed E-state index contributed by atoms with van der Waals surface area (Å²) in [6.45, 7) is 4.33. The van der Waals surface area contributed by atoms with E-state index in [4.69, 9.17) is 0 Å². The van der Waals surface area contributed by atoms with Crippen LogP contribution in [0.1, 0.15) is 26.3 Å². The summed E-state index contributed by atoms with van der Waals surface area (Å²) in [5.41, 5.74) is 2.27. The Bertz CT molecular complexity index is 490. The predicted octanol–water partition coefficient (Wildman–Crippen LogP) is 2.96. The van der Waals surface area contributed by atoms with Crippen molar-refractivity contribution in [3.8, 4) is 11.1 Å². The maximum atomic E-state index is 4.39. The van der Waals surface area contributed by atoms with E-state index in [9.17, 15) is 0 Å². The lowest BCUT2D eigenvalue weighted by Crippen LogP contribution is -2.03. The van der Waals surface area contributed by atoms with Crippen molar-refractivity contribution in [1.29, 1.82) is 0 Å². The maximum absolute atomic E-state index is 4.39. The minimum Gasteiger partial charge on any atom is -0.373 e. The minimum atomic E-state index is 0.439. The zero-order valence-electron chi connectivity index (χ0n) is 10.5. The van der Waals surface area contributed by atoms with E-state index in [2.05, 4.69) is 35.4 Å². The zero-order valence-corrected chi connectivity index (χ0v) is 10.5. The minimum absolute atomic E-state index is 0.439. The first-order valence-electron chi connectivity index (χ1n) is 5.93. The first-order chi connectivity index (χ1) is 8.24. The molecule has 0 saturated heterocycles.